The number of nitrogens with zero attached hydrogens (tertiary/aromatic N) is 1. The van der Waals surface area contributed by atoms with Gasteiger partial charge in [0.25, 0.3) is 0 Å². The largest absolute Gasteiger partial charge is 0.312 e. The summed E-state index contributed by atoms with van der Waals surface area (Å²) < 4.78 is 0. The van der Waals surface area contributed by atoms with E-state index in [1.807, 2.05) is 0 Å². The molecule has 1 rings (SSSR count). The number of likely N-dealkylation sites (tertiary alicyclic amines) is 1. The van der Waals surface area contributed by atoms with Gasteiger partial charge in [-0.15, -0.1) is 0 Å². The van der Waals surface area contributed by atoms with Gasteiger partial charge in [0.2, 0.25) is 0 Å². The Balaban J connectivity index is 2.77. The van der Waals surface area contributed by atoms with Crippen LogP contribution in [0.3, 0.4) is 0 Å². The summed E-state index contributed by atoms with van der Waals surface area (Å²) in [6, 6.07) is 0.639. The van der Waals surface area contributed by atoms with Crippen LogP contribution < -0.4 is 5.32 Å². The van der Waals surface area contributed by atoms with Crippen LogP contribution in [0.15, 0.2) is 0 Å². The molecule has 0 bridgehead atoms. The average molecular weight is 254 g/mol. The van der Waals surface area contributed by atoms with Crippen molar-refractivity contribution in [3.63, 3.8) is 0 Å². The fourth-order valence-corrected chi connectivity index (χ4v) is 3.29. The molecule has 0 aromatic heterocycles. The van der Waals surface area contributed by atoms with Crippen molar-refractivity contribution in [3.8, 4) is 0 Å². The van der Waals surface area contributed by atoms with E-state index in [0.29, 0.717) is 11.6 Å². The Morgan fingerprint density at radius 3 is 2.22 bits per heavy atom. The van der Waals surface area contributed by atoms with Gasteiger partial charge in [0.05, 0.1) is 0 Å². The predicted octanol–water partition coefficient (Wildman–Crippen LogP) is 3.67. The second-order valence-corrected chi connectivity index (χ2v) is 6.26. The first-order valence-corrected chi connectivity index (χ1v) is 8.06. The van der Waals surface area contributed by atoms with Crippen molar-refractivity contribution in [1.82, 2.24) is 10.2 Å². The van der Waals surface area contributed by atoms with Crippen molar-refractivity contribution in [2.75, 3.05) is 19.6 Å². The minimum Gasteiger partial charge on any atom is -0.312 e. The third kappa shape index (κ3) is 3.71. The first-order valence-electron chi connectivity index (χ1n) is 8.06. The molecule has 108 valence electrons. The Hall–Kier alpha value is -0.0800. The molecule has 1 fully saturated rings. The Morgan fingerprint density at radius 2 is 1.78 bits per heavy atom. The van der Waals surface area contributed by atoms with Gasteiger partial charge in [-0.05, 0) is 58.2 Å². The summed E-state index contributed by atoms with van der Waals surface area (Å²) in [6.45, 7) is 15.5. The normalized spacial score (nSPS) is 23.8. The lowest BCUT2D eigenvalue weighted by Crippen LogP contribution is -2.58. The first kappa shape index (κ1) is 16.0. The van der Waals surface area contributed by atoms with E-state index in [9.17, 15) is 0 Å². The van der Waals surface area contributed by atoms with Gasteiger partial charge >= 0.3 is 0 Å². The van der Waals surface area contributed by atoms with Crippen LogP contribution in [0.2, 0.25) is 0 Å². The Labute approximate surface area is 115 Å². The fourth-order valence-electron chi connectivity index (χ4n) is 3.29. The molecule has 1 aliphatic rings. The number of likely N-dealkylation sites (N-methyl/N-ethyl adjacent to an activating group) is 1. The molecule has 1 saturated heterocycles. The van der Waals surface area contributed by atoms with Crippen molar-refractivity contribution < 1.29 is 0 Å². The quantitative estimate of drug-likeness (QED) is 0.711. The van der Waals surface area contributed by atoms with E-state index in [2.05, 4.69) is 44.8 Å². The fraction of sp³-hybridized carbons (Fsp3) is 1.00. The molecule has 0 aromatic carbocycles. The molecule has 0 aliphatic carbocycles. The first-order chi connectivity index (χ1) is 8.58. The third-order valence-electron chi connectivity index (χ3n) is 5.08. The molecule has 18 heavy (non-hydrogen) atoms. The zero-order valence-corrected chi connectivity index (χ0v) is 13.3. The highest BCUT2D eigenvalue weighted by molar-refractivity contribution is 4.98. The molecule has 3 atom stereocenters. The van der Waals surface area contributed by atoms with Crippen LogP contribution in [0.5, 0.6) is 0 Å². The third-order valence-corrected chi connectivity index (χ3v) is 5.08. The van der Waals surface area contributed by atoms with Gasteiger partial charge in [-0.2, -0.15) is 0 Å². The molecule has 2 nitrogen and oxygen atoms in total. The van der Waals surface area contributed by atoms with Crippen molar-refractivity contribution in [1.29, 1.82) is 0 Å². The van der Waals surface area contributed by atoms with Gasteiger partial charge < -0.3 is 5.32 Å². The van der Waals surface area contributed by atoms with Gasteiger partial charge in [0.1, 0.15) is 0 Å². The molecule has 0 amide bonds. The summed E-state index contributed by atoms with van der Waals surface area (Å²) >= 11 is 0. The van der Waals surface area contributed by atoms with Gasteiger partial charge in [0.15, 0.2) is 0 Å². The van der Waals surface area contributed by atoms with E-state index in [-0.39, 0.29) is 0 Å². The minimum atomic E-state index is 0.343. The summed E-state index contributed by atoms with van der Waals surface area (Å²) in [7, 11) is 0. The van der Waals surface area contributed by atoms with Gasteiger partial charge in [-0.3, -0.25) is 4.90 Å². The standard InChI is InChI=1S/C16H34N2/c1-6-14(4)13-15(17-8-3)16(5,7-2)18-11-9-10-12-18/h14-15,17H,6-13H2,1-5H3. The van der Waals surface area contributed by atoms with Crippen LogP contribution in [0, 0.1) is 5.92 Å². The maximum atomic E-state index is 3.77. The van der Waals surface area contributed by atoms with E-state index in [4.69, 9.17) is 0 Å². The van der Waals surface area contributed by atoms with E-state index in [1.54, 1.807) is 0 Å². The summed E-state index contributed by atoms with van der Waals surface area (Å²) in [5.41, 5.74) is 0.343. The summed E-state index contributed by atoms with van der Waals surface area (Å²) in [5.74, 6) is 0.822. The van der Waals surface area contributed by atoms with Crippen molar-refractivity contribution >= 4 is 0 Å². The van der Waals surface area contributed by atoms with Crippen molar-refractivity contribution in [2.45, 2.75) is 78.3 Å². The Kier molecular flexibility index (Phi) is 6.65. The van der Waals surface area contributed by atoms with E-state index in [1.165, 1.54) is 45.2 Å². The number of hydrogen-bond acceptors (Lipinski definition) is 2. The zero-order valence-electron chi connectivity index (χ0n) is 13.3. The van der Waals surface area contributed by atoms with Crippen LogP contribution >= 0.6 is 0 Å². The SMILES string of the molecule is CCNC(CC(C)CC)C(C)(CC)N1CCCC1. The maximum Gasteiger partial charge on any atom is 0.0331 e. The Bertz CT molecular complexity index is 223. The summed E-state index contributed by atoms with van der Waals surface area (Å²) in [6.07, 6.45) is 6.63. The molecule has 0 aromatic rings. The Morgan fingerprint density at radius 1 is 1.17 bits per heavy atom. The van der Waals surface area contributed by atoms with E-state index in [0.717, 1.165) is 12.5 Å². The number of nitrogens with one attached hydrogen (secondary N) is 1. The molecule has 2 heteroatoms. The highest BCUT2D eigenvalue weighted by atomic mass is 15.2. The minimum absolute atomic E-state index is 0.343. The number of hydrogen-bond donors (Lipinski definition) is 1. The highest BCUT2D eigenvalue weighted by Gasteiger charge is 2.39. The smallest absolute Gasteiger partial charge is 0.0331 e. The molecule has 0 saturated carbocycles. The van der Waals surface area contributed by atoms with Crippen LogP contribution in [-0.4, -0.2) is 36.1 Å². The molecule has 1 N–H and O–H groups in total. The molecule has 1 heterocycles. The van der Waals surface area contributed by atoms with E-state index >= 15 is 0 Å². The van der Waals surface area contributed by atoms with Crippen molar-refractivity contribution in [3.05, 3.63) is 0 Å². The van der Waals surface area contributed by atoms with Crippen molar-refractivity contribution in [2.24, 2.45) is 5.92 Å². The zero-order chi connectivity index (χ0) is 13.6. The van der Waals surface area contributed by atoms with Crippen LogP contribution in [0.1, 0.15) is 66.7 Å². The van der Waals surface area contributed by atoms with Crippen LogP contribution in [0.25, 0.3) is 0 Å². The summed E-state index contributed by atoms with van der Waals surface area (Å²) in [5, 5.41) is 3.77. The molecule has 1 aliphatic heterocycles. The molecule has 3 unspecified atom stereocenters. The topological polar surface area (TPSA) is 15.3 Å². The van der Waals surface area contributed by atoms with E-state index < -0.39 is 0 Å². The lowest BCUT2D eigenvalue weighted by molar-refractivity contribution is 0.0741. The second kappa shape index (κ2) is 7.49. The lowest BCUT2D eigenvalue weighted by Gasteiger charge is -2.46. The monoisotopic (exact) mass is 254 g/mol. The highest BCUT2D eigenvalue weighted by Crippen LogP contribution is 2.31. The molecule has 0 radical (unpaired) electrons. The molecule has 0 spiro atoms. The molecular formula is C16H34N2. The summed E-state index contributed by atoms with van der Waals surface area (Å²) in [4.78, 5) is 2.74. The molecular weight excluding hydrogens is 220 g/mol. The van der Waals surface area contributed by atoms with Gasteiger partial charge in [0, 0.05) is 11.6 Å². The van der Waals surface area contributed by atoms with Crippen LogP contribution in [0.4, 0.5) is 0 Å². The maximum absolute atomic E-state index is 3.77. The second-order valence-electron chi connectivity index (χ2n) is 6.26. The lowest BCUT2D eigenvalue weighted by atomic mass is 9.81. The number of rotatable bonds is 8. The average Bonchev–Trinajstić information content (AvgIpc) is 2.91. The van der Waals surface area contributed by atoms with Crippen LogP contribution in [-0.2, 0) is 0 Å². The van der Waals surface area contributed by atoms with Gasteiger partial charge in [-0.1, -0.05) is 34.1 Å². The predicted molar refractivity (Wildman–Crippen MR) is 81.0 cm³/mol. The van der Waals surface area contributed by atoms with Gasteiger partial charge in [-0.25, -0.2) is 0 Å².